The molecule has 3 heteroatoms. The highest BCUT2D eigenvalue weighted by molar-refractivity contribution is 5.27. The molecule has 0 spiro atoms. The SMILES string of the molecule is COCCc1ccc(OCCCCC#N)cc1. The van der Waals surface area contributed by atoms with Gasteiger partial charge in [0.05, 0.1) is 19.3 Å². The molecule has 0 heterocycles. The van der Waals surface area contributed by atoms with E-state index >= 15 is 0 Å². The molecule has 0 amide bonds. The first kappa shape index (κ1) is 13.5. The largest absolute Gasteiger partial charge is 0.494 e. The van der Waals surface area contributed by atoms with Crippen LogP contribution in [0.15, 0.2) is 24.3 Å². The standard InChI is InChI=1S/C14H19NO2/c1-16-12-9-13-5-7-14(8-6-13)17-11-4-2-3-10-15/h5-8H,2-4,9,11-12H2,1H3. The fraction of sp³-hybridized carbons (Fsp3) is 0.500. The van der Waals surface area contributed by atoms with Crippen molar-refractivity contribution in [2.75, 3.05) is 20.3 Å². The van der Waals surface area contributed by atoms with Crippen LogP contribution < -0.4 is 4.74 Å². The van der Waals surface area contributed by atoms with Crippen LogP contribution in [0.4, 0.5) is 0 Å². The fourth-order valence-corrected chi connectivity index (χ4v) is 1.47. The van der Waals surface area contributed by atoms with Crippen LogP contribution in [-0.2, 0) is 11.2 Å². The molecule has 0 saturated carbocycles. The van der Waals surface area contributed by atoms with E-state index in [1.807, 2.05) is 12.1 Å². The molecule has 0 aliphatic rings. The molecule has 1 rings (SSSR count). The zero-order chi connectivity index (χ0) is 12.3. The summed E-state index contributed by atoms with van der Waals surface area (Å²) < 4.78 is 10.6. The average molecular weight is 233 g/mol. The number of hydrogen-bond acceptors (Lipinski definition) is 3. The van der Waals surface area contributed by atoms with Gasteiger partial charge in [-0.15, -0.1) is 0 Å². The molecule has 0 aliphatic heterocycles. The summed E-state index contributed by atoms with van der Waals surface area (Å²) in [4.78, 5) is 0. The quantitative estimate of drug-likeness (QED) is 0.648. The van der Waals surface area contributed by atoms with Gasteiger partial charge in [-0.25, -0.2) is 0 Å². The minimum atomic E-state index is 0.610. The van der Waals surface area contributed by atoms with E-state index in [-0.39, 0.29) is 0 Å². The van der Waals surface area contributed by atoms with Crippen molar-refractivity contribution in [3.8, 4) is 11.8 Å². The summed E-state index contributed by atoms with van der Waals surface area (Å²) in [5, 5.41) is 8.38. The Bertz CT molecular complexity index is 340. The van der Waals surface area contributed by atoms with Crippen LogP contribution in [0, 0.1) is 11.3 Å². The fourth-order valence-electron chi connectivity index (χ4n) is 1.47. The number of methoxy groups -OCH3 is 1. The van der Waals surface area contributed by atoms with Gasteiger partial charge in [-0.1, -0.05) is 12.1 Å². The van der Waals surface area contributed by atoms with E-state index < -0.39 is 0 Å². The molecule has 92 valence electrons. The number of hydrogen-bond donors (Lipinski definition) is 0. The third-order valence-corrected chi connectivity index (χ3v) is 2.47. The summed E-state index contributed by atoms with van der Waals surface area (Å²) in [6.45, 7) is 1.42. The molecule has 17 heavy (non-hydrogen) atoms. The van der Waals surface area contributed by atoms with Gasteiger partial charge >= 0.3 is 0 Å². The van der Waals surface area contributed by atoms with Crippen LogP contribution in [0.3, 0.4) is 0 Å². The van der Waals surface area contributed by atoms with E-state index in [1.165, 1.54) is 5.56 Å². The number of rotatable bonds is 8. The zero-order valence-electron chi connectivity index (χ0n) is 10.3. The summed E-state index contributed by atoms with van der Waals surface area (Å²) in [7, 11) is 1.71. The highest BCUT2D eigenvalue weighted by Gasteiger charge is 1.96. The van der Waals surface area contributed by atoms with Crippen molar-refractivity contribution < 1.29 is 9.47 Å². The molecule has 0 N–H and O–H groups in total. The molecule has 1 aromatic rings. The first-order valence-corrected chi connectivity index (χ1v) is 5.94. The molecule has 0 bridgehead atoms. The topological polar surface area (TPSA) is 42.2 Å². The van der Waals surface area contributed by atoms with Gasteiger partial charge in [-0.2, -0.15) is 5.26 Å². The lowest BCUT2D eigenvalue weighted by Crippen LogP contribution is -1.98. The molecule has 1 aromatic carbocycles. The van der Waals surface area contributed by atoms with E-state index in [9.17, 15) is 0 Å². The molecular formula is C14H19NO2. The highest BCUT2D eigenvalue weighted by Crippen LogP contribution is 2.13. The van der Waals surface area contributed by atoms with Gasteiger partial charge in [0.2, 0.25) is 0 Å². The predicted molar refractivity (Wildman–Crippen MR) is 67.0 cm³/mol. The van der Waals surface area contributed by atoms with Crippen molar-refractivity contribution in [2.24, 2.45) is 0 Å². The molecule has 0 atom stereocenters. The van der Waals surface area contributed by atoms with Crippen molar-refractivity contribution in [3.05, 3.63) is 29.8 Å². The number of unbranched alkanes of at least 4 members (excludes halogenated alkanes) is 2. The molecule has 0 radical (unpaired) electrons. The number of nitriles is 1. The highest BCUT2D eigenvalue weighted by atomic mass is 16.5. The molecule has 0 fully saturated rings. The van der Waals surface area contributed by atoms with E-state index in [1.54, 1.807) is 7.11 Å². The Morgan fingerprint density at radius 1 is 1.12 bits per heavy atom. The molecule has 3 nitrogen and oxygen atoms in total. The maximum Gasteiger partial charge on any atom is 0.119 e. The second-order valence-corrected chi connectivity index (χ2v) is 3.85. The lowest BCUT2D eigenvalue weighted by molar-refractivity contribution is 0.202. The van der Waals surface area contributed by atoms with Crippen LogP contribution >= 0.6 is 0 Å². The minimum absolute atomic E-state index is 0.610. The zero-order valence-corrected chi connectivity index (χ0v) is 10.3. The van der Waals surface area contributed by atoms with Crippen LogP contribution in [-0.4, -0.2) is 20.3 Å². The van der Waals surface area contributed by atoms with E-state index in [4.69, 9.17) is 14.7 Å². The maximum atomic E-state index is 8.38. The Morgan fingerprint density at radius 3 is 2.53 bits per heavy atom. The van der Waals surface area contributed by atoms with Gasteiger partial charge in [0.25, 0.3) is 0 Å². The second kappa shape index (κ2) is 8.60. The Morgan fingerprint density at radius 2 is 1.88 bits per heavy atom. The summed E-state index contributed by atoms with van der Waals surface area (Å²) >= 11 is 0. The number of nitrogens with zero attached hydrogens (tertiary/aromatic N) is 1. The van der Waals surface area contributed by atoms with E-state index in [2.05, 4.69) is 18.2 Å². The molecule has 0 aliphatic carbocycles. The van der Waals surface area contributed by atoms with E-state index in [0.717, 1.165) is 31.6 Å². The van der Waals surface area contributed by atoms with Crippen molar-refractivity contribution in [2.45, 2.75) is 25.7 Å². The summed E-state index contributed by atoms with van der Waals surface area (Å²) in [6, 6.07) is 10.2. The van der Waals surface area contributed by atoms with Crippen LogP contribution in [0.5, 0.6) is 5.75 Å². The van der Waals surface area contributed by atoms with Gasteiger partial charge in [0.1, 0.15) is 5.75 Å². The molecule has 0 unspecified atom stereocenters. The van der Waals surface area contributed by atoms with Crippen molar-refractivity contribution in [1.82, 2.24) is 0 Å². The van der Waals surface area contributed by atoms with Gasteiger partial charge < -0.3 is 9.47 Å². The van der Waals surface area contributed by atoms with Crippen molar-refractivity contribution >= 4 is 0 Å². The number of ether oxygens (including phenoxy) is 2. The molecular weight excluding hydrogens is 214 g/mol. The van der Waals surface area contributed by atoms with Crippen LogP contribution in [0.25, 0.3) is 0 Å². The Labute approximate surface area is 103 Å². The third-order valence-electron chi connectivity index (χ3n) is 2.47. The van der Waals surface area contributed by atoms with Crippen molar-refractivity contribution in [1.29, 1.82) is 5.26 Å². The van der Waals surface area contributed by atoms with Crippen LogP contribution in [0.1, 0.15) is 24.8 Å². The Balaban J connectivity index is 2.23. The Kier molecular flexibility index (Phi) is 6.85. The molecule has 0 aromatic heterocycles. The monoisotopic (exact) mass is 233 g/mol. The minimum Gasteiger partial charge on any atom is -0.494 e. The summed E-state index contributed by atoms with van der Waals surface area (Å²) in [5.41, 5.74) is 1.25. The first-order chi connectivity index (χ1) is 8.36. The Hall–Kier alpha value is -1.53. The van der Waals surface area contributed by atoms with Crippen molar-refractivity contribution in [3.63, 3.8) is 0 Å². The smallest absolute Gasteiger partial charge is 0.119 e. The normalized spacial score (nSPS) is 9.88. The lowest BCUT2D eigenvalue weighted by atomic mass is 10.1. The van der Waals surface area contributed by atoms with Gasteiger partial charge in [-0.05, 0) is 37.0 Å². The van der Waals surface area contributed by atoms with Crippen LogP contribution in [0.2, 0.25) is 0 Å². The summed E-state index contributed by atoms with van der Waals surface area (Å²) in [6.07, 6.45) is 3.37. The average Bonchev–Trinajstić information content (AvgIpc) is 2.37. The van der Waals surface area contributed by atoms with Gasteiger partial charge in [0.15, 0.2) is 0 Å². The predicted octanol–water partition coefficient (Wildman–Crippen LogP) is 2.95. The molecule has 0 saturated heterocycles. The third kappa shape index (κ3) is 5.94. The van der Waals surface area contributed by atoms with Gasteiger partial charge in [0, 0.05) is 13.5 Å². The lowest BCUT2D eigenvalue weighted by Gasteiger charge is -2.06. The number of benzene rings is 1. The first-order valence-electron chi connectivity index (χ1n) is 5.94. The van der Waals surface area contributed by atoms with Gasteiger partial charge in [-0.3, -0.25) is 0 Å². The second-order valence-electron chi connectivity index (χ2n) is 3.85. The summed E-state index contributed by atoms with van der Waals surface area (Å²) in [5.74, 6) is 0.892. The maximum absolute atomic E-state index is 8.38. The van der Waals surface area contributed by atoms with E-state index in [0.29, 0.717) is 13.0 Å².